The van der Waals surface area contributed by atoms with Crippen LogP contribution in [0, 0.1) is 30.3 Å². The minimum Gasteiger partial charge on any atom is -0.275 e. The third-order valence-corrected chi connectivity index (χ3v) is 2.25. The van der Waals surface area contributed by atoms with Crippen LogP contribution in [0.5, 0.6) is 0 Å². The van der Waals surface area contributed by atoms with Crippen molar-refractivity contribution < 1.29 is 25.5 Å². The summed E-state index contributed by atoms with van der Waals surface area (Å²) < 4.78 is 0. The van der Waals surface area contributed by atoms with Gasteiger partial charge in [-0.05, 0) is 0 Å². The second-order valence-electron chi connectivity index (χ2n) is 3.57. The van der Waals surface area contributed by atoms with Crippen molar-refractivity contribution in [2.45, 2.75) is 0 Å². The van der Waals surface area contributed by atoms with Gasteiger partial charge in [0.15, 0.2) is 28.4 Å². The molecule has 0 radical (unpaired) electrons. The fraction of sp³-hybridized carbons (Fsp3) is 1.00. The third kappa shape index (κ3) is 3.71. The second-order valence-corrected chi connectivity index (χ2v) is 3.57. The average Bonchev–Trinajstić information content (AvgIpc) is 2.26. The van der Waals surface area contributed by atoms with E-state index in [0.29, 0.717) is 5.01 Å². The molecule has 1 aliphatic rings. The van der Waals surface area contributed by atoms with Crippen LogP contribution in [0.1, 0.15) is 0 Å². The highest BCUT2D eigenvalue weighted by atomic mass is 16.8. The molecule has 0 spiro atoms. The van der Waals surface area contributed by atoms with Crippen LogP contribution in [0.25, 0.3) is 0 Å². The fourth-order valence-corrected chi connectivity index (χ4v) is 1.36. The van der Waals surface area contributed by atoms with E-state index in [-0.39, 0.29) is 15.0 Å². The number of hydrogen-bond acceptors (Lipinski definition) is 10. The van der Waals surface area contributed by atoms with Gasteiger partial charge in [-0.15, -0.1) is 5.01 Å². The van der Waals surface area contributed by atoms with Crippen molar-refractivity contribution in [3.05, 3.63) is 30.3 Å². The van der Waals surface area contributed by atoms with Gasteiger partial charge in [-0.3, -0.25) is 10.4 Å². The molecule has 0 amide bonds. The molecule has 0 aromatic rings. The van der Waals surface area contributed by atoms with Crippen molar-refractivity contribution in [3.8, 4) is 0 Å². The first kappa shape index (κ1) is 15.5. The van der Waals surface area contributed by atoms with E-state index in [0.717, 1.165) is 0 Å². The molecule has 1 heterocycles. The van der Waals surface area contributed by atoms with Gasteiger partial charge in [0.05, 0.1) is 0 Å². The van der Waals surface area contributed by atoms with Crippen LogP contribution in [-0.2, 0) is 0 Å². The van der Waals surface area contributed by atoms with Crippen molar-refractivity contribution in [1.82, 2.24) is 25.4 Å². The van der Waals surface area contributed by atoms with Gasteiger partial charge in [0, 0.05) is 5.34 Å². The summed E-state index contributed by atoms with van der Waals surface area (Å²) in [7, 11) is 0. The highest BCUT2D eigenvalue weighted by molar-refractivity contribution is 4.51. The summed E-state index contributed by atoms with van der Waals surface area (Å²) >= 11 is 0. The quantitative estimate of drug-likeness (QED) is 0.413. The Labute approximate surface area is 109 Å². The highest BCUT2D eigenvalue weighted by Gasteiger charge is 2.37. The Morgan fingerprint density at radius 1 is 0.750 bits per heavy atom. The fourth-order valence-electron chi connectivity index (χ4n) is 1.36. The van der Waals surface area contributed by atoms with Gasteiger partial charge >= 0.3 is 0 Å². The Morgan fingerprint density at radius 3 is 1.30 bits per heavy atom. The SMILES string of the molecule is O=[N+]([O-])N1CN(N(O)O)CN([N+](=O)[O-])CN([N+](=O)[O-])C1. The van der Waals surface area contributed by atoms with Crippen LogP contribution < -0.4 is 0 Å². The Hall–Kier alpha value is -2.56. The third-order valence-electron chi connectivity index (χ3n) is 2.25. The van der Waals surface area contributed by atoms with Gasteiger partial charge < -0.3 is 0 Å². The summed E-state index contributed by atoms with van der Waals surface area (Å²) in [6.45, 7) is -3.44. The lowest BCUT2D eigenvalue weighted by Gasteiger charge is -2.32. The minimum atomic E-state index is -1.03. The van der Waals surface area contributed by atoms with Gasteiger partial charge in [0.25, 0.3) is 0 Å². The first-order chi connectivity index (χ1) is 9.22. The van der Waals surface area contributed by atoms with Gasteiger partial charge in [0.1, 0.15) is 0 Å². The summed E-state index contributed by atoms with van der Waals surface area (Å²) in [4.78, 5) is 32.1. The largest absolute Gasteiger partial charge is 0.275 e. The summed E-state index contributed by atoms with van der Waals surface area (Å²) in [5.41, 5.74) is 0. The van der Waals surface area contributed by atoms with Crippen LogP contribution >= 0.6 is 0 Å². The molecule has 114 valence electrons. The second kappa shape index (κ2) is 6.06. The predicted molar refractivity (Wildman–Crippen MR) is 53.2 cm³/mol. The van der Waals surface area contributed by atoms with Crippen LogP contribution in [0.4, 0.5) is 0 Å². The molecule has 0 saturated carbocycles. The lowest BCUT2D eigenvalue weighted by atomic mass is 10.7. The van der Waals surface area contributed by atoms with Crippen molar-refractivity contribution in [3.63, 3.8) is 0 Å². The molecular formula is C4H10N8O8. The molecule has 20 heavy (non-hydrogen) atoms. The molecular weight excluding hydrogens is 288 g/mol. The van der Waals surface area contributed by atoms with E-state index in [1.54, 1.807) is 0 Å². The Morgan fingerprint density at radius 2 is 1.05 bits per heavy atom. The summed E-state index contributed by atoms with van der Waals surface area (Å²) in [5, 5.41) is 47.4. The molecule has 0 bridgehead atoms. The van der Waals surface area contributed by atoms with E-state index < -0.39 is 47.1 Å². The van der Waals surface area contributed by atoms with Crippen molar-refractivity contribution >= 4 is 0 Å². The molecule has 1 fully saturated rings. The smallest absolute Gasteiger partial charge is 0.211 e. The van der Waals surface area contributed by atoms with E-state index >= 15 is 0 Å². The van der Waals surface area contributed by atoms with E-state index in [9.17, 15) is 30.3 Å². The van der Waals surface area contributed by atoms with Crippen LogP contribution in [0.2, 0.25) is 0 Å². The molecule has 1 rings (SSSR count). The molecule has 1 saturated heterocycles. The average molecular weight is 298 g/mol. The summed E-state index contributed by atoms with van der Waals surface area (Å²) in [6, 6.07) is 0. The standard InChI is InChI=1S/C4H10N8O8/c13-9(14)5-1-6(10(15)16)3-8(12(19)20)4-7(2-5)11(17)18/h13-14H,1-4H2. The maximum Gasteiger partial charge on any atom is 0.211 e. The van der Waals surface area contributed by atoms with Gasteiger partial charge in [-0.2, -0.15) is 0 Å². The molecule has 16 nitrogen and oxygen atoms in total. The van der Waals surface area contributed by atoms with Crippen molar-refractivity contribution in [2.75, 3.05) is 26.7 Å². The van der Waals surface area contributed by atoms with E-state index in [1.165, 1.54) is 0 Å². The molecule has 0 unspecified atom stereocenters. The lowest BCUT2D eigenvalue weighted by Crippen LogP contribution is -2.60. The van der Waals surface area contributed by atoms with Crippen LogP contribution in [-0.4, -0.2) is 77.6 Å². The lowest BCUT2D eigenvalue weighted by molar-refractivity contribution is -0.750. The van der Waals surface area contributed by atoms with E-state index in [1.807, 2.05) is 0 Å². The molecule has 0 atom stereocenters. The number of nitrogens with zero attached hydrogens (tertiary/aromatic N) is 8. The molecule has 16 heteroatoms. The zero-order valence-corrected chi connectivity index (χ0v) is 9.75. The zero-order valence-electron chi connectivity index (χ0n) is 9.75. The van der Waals surface area contributed by atoms with Gasteiger partial charge in [-0.1, -0.05) is 15.0 Å². The van der Waals surface area contributed by atoms with E-state index in [4.69, 9.17) is 10.4 Å². The van der Waals surface area contributed by atoms with Crippen molar-refractivity contribution in [1.29, 1.82) is 0 Å². The normalized spacial score (nSPS) is 17.9. The molecule has 0 aliphatic carbocycles. The Kier molecular flexibility index (Phi) is 4.69. The molecule has 1 aliphatic heterocycles. The number of nitro groups is 3. The number of hydrazine groups is 4. The first-order valence-corrected chi connectivity index (χ1v) is 4.83. The molecule has 0 aromatic heterocycles. The first-order valence-electron chi connectivity index (χ1n) is 4.83. The summed E-state index contributed by atoms with van der Waals surface area (Å²) in [5.74, 6) is 0. The topological polar surface area (TPSA) is 186 Å². The Bertz CT molecular complexity index is 376. The van der Waals surface area contributed by atoms with Gasteiger partial charge in [0.2, 0.25) is 13.3 Å². The monoisotopic (exact) mass is 298 g/mol. The minimum absolute atomic E-state index is 0.238. The van der Waals surface area contributed by atoms with Crippen molar-refractivity contribution in [2.24, 2.45) is 0 Å². The number of hydrogen-bond donors (Lipinski definition) is 2. The molecule has 2 N–H and O–H groups in total. The van der Waals surface area contributed by atoms with Gasteiger partial charge in [-0.25, -0.2) is 30.3 Å². The molecule has 0 aromatic carbocycles. The predicted octanol–water partition coefficient (Wildman–Crippen LogP) is -2.39. The highest BCUT2D eigenvalue weighted by Crippen LogP contribution is 2.07. The maximum atomic E-state index is 10.7. The van der Waals surface area contributed by atoms with Crippen LogP contribution in [0.3, 0.4) is 0 Å². The van der Waals surface area contributed by atoms with E-state index in [2.05, 4.69) is 0 Å². The Balaban J connectivity index is 2.99. The number of rotatable bonds is 4. The zero-order chi connectivity index (χ0) is 15.4. The van der Waals surface area contributed by atoms with Crippen LogP contribution in [0.15, 0.2) is 0 Å². The summed E-state index contributed by atoms with van der Waals surface area (Å²) in [6.07, 6.45) is 0. The maximum absolute atomic E-state index is 10.7.